The Kier molecular flexibility index (Phi) is 4.90. The van der Waals surface area contributed by atoms with E-state index in [-0.39, 0.29) is 0 Å². The molecule has 0 aromatic carbocycles. The summed E-state index contributed by atoms with van der Waals surface area (Å²) in [6.07, 6.45) is 9.71. The minimum atomic E-state index is 0.378. The molecule has 2 aliphatic rings. The van der Waals surface area contributed by atoms with Gasteiger partial charge in [-0.3, -0.25) is 9.88 Å². The number of rotatable bonds is 4. The van der Waals surface area contributed by atoms with Crippen LogP contribution in [0.2, 0.25) is 0 Å². The van der Waals surface area contributed by atoms with Gasteiger partial charge < -0.3 is 9.64 Å². The van der Waals surface area contributed by atoms with Crippen molar-refractivity contribution in [3.05, 3.63) is 48.0 Å². The fourth-order valence-corrected chi connectivity index (χ4v) is 3.96. The van der Waals surface area contributed by atoms with E-state index in [1.807, 2.05) is 31.7 Å². The molecule has 0 saturated carbocycles. The van der Waals surface area contributed by atoms with Gasteiger partial charge in [0.2, 0.25) is 5.95 Å². The molecule has 6 nitrogen and oxygen atoms in total. The van der Waals surface area contributed by atoms with Crippen molar-refractivity contribution in [2.45, 2.75) is 31.8 Å². The lowest BCUT2D eigenvalue weighted by molar-refractivity contribution is 0.0149. The minimum Gasteiger partial charge on any atom is -0.379 e. The second-order valence-electron chi connectivity index (χ2n) is 6.89. The zero-order valence-electron chi connectivity index (χ0n) is 14.7. The maximum absolute atomic E-state index is 5.55. The van der Waals surface area contributed by atoms with Crippen LogP contribution in [0.5, 0.6) is 0 Å². The Balaban J connectivity index is 1.60. The van der Waals surface area contributed by atoms with E-state index in [2.05, 4.69) is 36.9 Å². The largest absolute Gasteiger partial charge is 0.379 e. The predicted molar refractivity (Wildman–Crippen MR) is 96.6 cm³/mol. The molecule has 0 radical (unpaired) electrons. The fraction of sp³-hybridized carbons (Fsp3) is 0.526. The molecule has 0 N–H and O–H groups in total. The number of pyridine rings is 1. The Morgan fingerprint density at radius 3 is 2.52 bits per heavy atom. The zero-order valence-corrected chi connectivity index (χ0v) is 14.7. The summed E-state index contributed by atoms with van der Waals surface area (Å²) in [5.41, 5.74) is 2.41. The maximum atomic E-state index is 5.55. The highest BCUT2D eigenvalue weighted by atomic mass is 16.5. The van der Waals surface area contributed by atoms with Crippen LogP contribution in [0, 0.1) is 6.92 Å². The van der Waals surface area contributed by atoms with E-state index in [1.54, 1.807) is 0 Å². The molecule has 2 saturated heterocycles. The number of aromatic nitrogens is 3. The van der Waals surface area contributed by atoms with Crippen LogP contribution in [0.4, 0.5) is 5.95 Å². The molecule has 2 aromatic heterocycles. The standard InChI is InChI=1S/C19H25N5O/c1-15-13-21-19(22-14-15)24-7-4-17(23-8-10-25-11-9-23)18(24)12-16-2-5-20-6-3-16/h2-3,5-6,13-14,17-18H,4,7-12H2,1H3/t17-,18+/m1/s1. The Labute approximate surface area is 148 Å². The van der Waals surface area contributed by atoms with Gasteiger partial charge in [-0.2, -0.15) is 0 Å². The van der Waals surface area contributed by atoms with Gasteiger partial charge in [-0.25, -0.2) is 9.97 Å². The molecular formula is C19H25N5O. The molecule has 132 valence electrons. The minimum absolute atomic E-state index is 0.378. The van der Waals surface area contributed by atoms with Crippen LogP contribution in [0.1, 0.15) is 17.5 Å². The van der Waals surface area contributed by atoms with Gasteiger partial charge in [0.05, 0.1) is 19.3 Å². The zero-order chi connectivity index (χ0) is 17.1. The highest BCUT2D eigenvalue weighted by Crippen LogP contribution is 2.29. The van der Waals surface area contributed by atoms with Gasteiger partial charge in [-0.05, 0) is 43.0 Å². The molecule has 0 bridgehead atoms. The van der Waals surface area contributed by atoms with Crippen LogP contribution >= 0.6 is 0 Å². The second kappa shape index (κ2) is 7.45. The number of aryl methyl sites for hydroxylation is 1. The van der Waals surface area contributed by atoms with Crippen LogP contribution in [0.15, 0.2) is 36.9 Å². The number of morpholine rings is 1. The van der Waals surface area contributed by atoms with E-state index in [4.69, 9.17) is 4.74 Å². The molecule has 2 aliphatic heterocycles. The van der Waals surface area contributed by atoms with E-state index < -0.39 is 0 Å². The summed E-state index contributed by atoms with van der Waals surface area (Å²) in [7, 11) is 0. The number of ether oxygens (including phenoxy) is 1. The molecule has 2 aromatic rings. The van der Waals surface area contributed by atoms with Crippen molar-refractivity contribution in [3.8, 4) is 0 Å². The Morgan fingerprint density at radius 1 is 1.08 bits per heavy atom. The number of anilines is 1. The number of nitrogens with zero attached hydrogens (tertiary/aromatic N) is 5. The summed E-state index contributed by atoms with van der Waals surface area (Å²) in [5.74, 6) is 0.848. The number of hydrogen-bond donors (Lipinski definition) is 0. The Morgan fingerprint density at radius 2 is 1.80 bits per heavy atom. The smallest absolute Gasteiger partial charge is 0.225 e. The molecule has 2 fully saturated rings. The predicted octanol–water partition coefficient (Wildman–Crippen LogP) is 1.70. The lowest BCUT2D eigenvalue weighted by atomic mass is 9.99. The molecule has 4 heterocycles. The average Bonchev–Trinajstić information content (AvgIpc) is 3.07. The van der Waals surface area contributed by atoms with E-state index in [0.717, 1.165) is 57.2 Å². The van der Waals surface area contributed by atoms with Crippen molar-refractivity contribution in [1.82, 2.24) is 19.9 Å². The van der Waals surface area contributed by atoms with Gasteiger partial charge in [0.25, 0.3) is 0 Å². The monoisotopic (exact) mass is 339 g/mol. The van der Waals surface area contributed by atoms with Gasteiger partial charge in [0.1, 0.15) is 0 Å². The first kappa shape index (κ1) is 16.4. The molecule has 0 amide bonds. The van der Waals surface area contributed by atoms with Crippen molar-refractivity contribution in [2.75, 3.05) is 37.7 Å². The normalized spacial score (nSPS) is 24.6. The third-order valence-corrected chi connectivity index (χ3v) is 5.24. The Bertz CT molecular complexity index is 672. The van der Waals surface area contributed by atoms with Crippen LogP contribution in [0.3, 0.4) is 0 Å². The second-order valence-corrected chi connectivity index (χ2v) is 6.89. The van der Waals surface area contributed by atoms with Gasteiger partial charge in [-0.1, -0.05) is 0 Å². The lowest BCUT2D eigenvalue weighted by Crippen LogP contribution is -2.50. The highest BCUT2D eigenvalue weighted by molar-refractivity contribution is 5.36. The number of hydrogen-bond acceptors (Lipinski definition) is 6. The molecule has 0 aliphatic carbocycles. The van der Waals surface area contributed by atoms with E-state index in [1.165, 1.54) is 5.56 Å². The van der Waals surface area contributed by atoms with Crippen molar-refractivity contribution in [2.24, 2.45) is 0 Å². The molecule has 0 spiro atoms. The van der Waals surface area contributed by atoms with Crippen LogP contribution in [0.25, 0.3) is 0 Å². The molecular weight excluding hydrogens is 314 g/mol. The quantitative estimate of drug-likeness (QED) is 0.845. The molecule has 4 rings (SSSR count). The molecule has 25 heavy (non-hydrogen) atoms. The highest BCUT2D eigenvalue weighted by Gasteiger charge is 2.39. The third kappa shape index (κ3) is 3.65. The summed E-state index contributed by atoms with van der Waals surface area (Å²) >= 11 is 0. The van der Waals surface area contributed by atoms with Crippen molar-refractivity contribution < 1.29 is 4.74 Å². The lowest BCUT2D eigenvalue weighted by Gasteiger charge is -2.37. The van der Waals surface area contributed by atoms with Crippen molar-refractivity contribution in [1.29, 1.82) is 0 Å². The molecule has 2 atom stereocenters. The third-order valence-electron chi connectivity index (χ3n) is 5.24. The van der Waals surface area contributed by atoms with Crippen molar-refractivity contribution in [3.63, 3.8) is 0 Å². The van der Waals surface area contributed by atoms with E-state index >= 15 is 0 Å². The Hall–Kier alpha value is -2.05. The maximum Gasteiger partial charge on any atom is 0.225 e. The summed E-state index contributed by atoms with van der Waals surface area (Å²) in [5, 5.41) is 0. The first-order valence-corrected chi connectivity index (χ1v) is 9.07. The summed E-state index contributed by atoms with van der Waals surface area (Å²) in [6, 6.07) is 5.12. The van der Waals surface area contributed by atoms with Crippen LogP contribution in [-0.4, -0.2) is 64.8 Å². The van der Waals surface area contributed by atoms with Crippen LogP contribution < -0.4 is 4.90 Å². The first-order chi connectivity index (χ1) is 12.3. The fourth-order valence-electron chi connectivity index (χ4n) is 3.96. The van der Waals surface area contributed by atoms with Gasteiger partial charge >= 0.3 is 0 Å². The topological polar surface area (TPSA) is 54.4 Å². The van der Waals surface area contributed by atoms with Gasteiger partial charge in [0, 0.05) is 50.5 Å². The van der Waals surface area contributed by atoms with Crippen molar-refractivity contribution >= 4 is 5.95 Å². The molecule has 0 unspecified atom stereocenters. The van der Waals surface area contributed by atoms with Gasteiger partial charge in [0.15, 0.2) is 0 Å². The SMILES string of the molecule is Cc1cnc(N2CC[C@@H](N3CCOCC3)[C@@H]2Cc2ccncc2)nc1. The first-order valence-electron chi connectivity index (χ1n) is 9.07. The van der Waals surface area contributed by atoms with Crippen LogP contribution in [-0.2, 0) is 11.2 Å². The summed E-state index contributed by atoms with van der Waals surface area (Å²) < 4.78 is 5.55. The van der Waals surface area contributed by atoms with Gasteiger partial charge in [-0.15, -0.1) is 0 Å². The van der Waals surface area contributed by atoms with E-state index in [0.29, 0.717) is 12.1 Å². The average molecular weight is 339 g/mol. The summed E-state index contributed by atoms with van der Waals surface area (Å²) in [6.45, 7) is 6.72. The molecule has 6 heteroatoms. The summed E-state index contributed by atoms with van der Waals surface area (Å²) in [4.78, 5) is 18.3. The van der Waals surface area contributed by atoms with E-state index in [9.17, 15) is 0 Å².